The fraction of sp³-hybridized carbons (Fsp3) is 0.158. The molecule has 2 amide bonds. The minimum Gasteiger partial charge on any atom is -0.366 e. The van der Waals surface area contributed by atoms with Crippen molar-refractivity contribution < 1.29 is 9.59 Å². The third-order valence-corrected chi connectivity index (χ3v) is 4.53. The Morgan fingerprint density at radius 1 is 1.29 bits per heavy atom. The van der Waals surface area contributed by atoms with E-state index >= 15 is 0 Å². The summed E-state index contributed by atoms with van der Waals surface area (Å²) in [6, 6.07) is 7.56. The standard InChI is InChI=1S/C19H20N2O2S/c1-3-4-5-7-14-8-6-9-15(13(14)2)12-17(22)21-19-16(18(20)23)10-11-24-19/h3-6,8-11H,1,7,12H2,2H3,(H2,20,23)(H,21,22)/b5-4-. The summed E-state index contributed by atoms with van der Waals surface area (Å²) in [4.78, 5) is 23.6. The minimum atomic E-state index is -0.543. The van der Waals surface area contributed by atoms with Crippen LogP contribution in [0, 0.1) is 6.92 Å². The van der Waals surface area contributed by atoms with E-state index in [4.69, 9.17) is 5.73 Å². The third kappa shape index (κ3) is 4.43. The van der Waals surface area contributed by atoms with Crippen molar-refractivity contribution in [3.8, 4) is 0 Å². The molecule has 2 rings (SSSR count). The van der Waals surface area contributed by atoms with Crippen molar-refractivity contribution in [3.63, 3.8) is 0 Å². The lowest BCUT2D eigenvalue weighted by Gasteiger charge is -2.10. The molecule has 0 atom stereocenters. The first-order valence-corrected chi connectivity index (χ1v) is 8.43. The van der Waals surface area contributed by atoms with Gasteiger partial charge in [0.25, 0.3) is 5.91 Å². The van der Waals surface area contributed by atoms with Crippen molar-refractivity contribution in [2.45, 2.75) is 19.8 Å². The van der Waals surface area contributed by atoms with Gasteiger partial charge in [0.15, 0.2) is 0 Å². The molecular weight excluding hydrogens is 320 g/mol. The third-order valence-electron chi connectivity index (χ3n) is 3.70. The summed E-state index contributed by atoms with van der Waals surface area (Å²) < 4.78 is 0. The smallest absolute Gasteiger partial charge is 0.251 e. The molecule has 1 aromatic carbocycles. The van der Waals surface area contributed by atoms with E-state index in [-0.39, 0.29) is 12.3 Å². The lowest BCUT2D eigenvalue weighted by atomic mass is 9.97. The Labute approximate surface area is 145 Å². The summed E-state index contributed by atoms with van der Waals surface area (Å²) in [5.74, 6) is -0.708. The zero-order chi connectivity index (χ0) is 17.5. The molecule has 0 aliphatic rings. The number of benzene rings is 1. The van der Waals surface area contributed by atoms with Crippen LogP contribution in [0.5, 0.6) is 0 Å². The van der Waals surface area contributed by atoms with Gasteiger partial charge in [-0.15, -0.1) is 11.3 Å². The van der Waals surface area contributed by atoms with Gasteiger partial charge in [-0.1, -0.05) is 43.0 Å². The quantitative estimate of drug-likeness (QED) is 0.756. The van der Waals surface area contributed by atoms with E-state index in [0.717, 1.165) is 17.5 Å². The fourth-order valence-corrected chi connectivity index (χ4v) is 3.19. The van der Waals surface area contributed by atoms with Gasteiger partial charge in [-0.2, -0.15) is 0 Å². The highest BCUT2D eigenvalue weighted by atomic mass is 32.1. The number of hydrogen-bond acceptors (Lipinski definition) is 3. The summed E-state index contributed by atoms with van der Waals surface area (Å²) in [5.41, 5.74) is 8.87. The summed E-state index contributed by atoms with van der Waals surface area (Å²) in [6.45, 7) is 5.67. The molecule has 0 radical (unpaired) electrons. The average molecular weight is 340 g/mol. The van der Waals surface area contributed by atoms with Crippen LogP contribution in [0.15, 0.2) is 54.5 Å². The first kappa shape index (κ1) is 17.7. The van der Waals surface area contributed by atoms with E-state index in [2.05, 4.69) is 18.0 Å². The number of thiophene rings is 1. The zero-order valence-corrected chi connectivity index (χ0v) is 14.4. The summed E-state index contributed by atoms with van der Waals surface area (Å²) >= 11 is 1.29. The molecule has 5 heteroatoms. The summed E-state index contributed by atoms with van der Waals surface area (Å²) in [5, 5.41) is 5.00. The topological polar surface area (TPSA) is 72.2 Å². The predicted molar refractivity (Wildman–Crippen MR) is 99.4 cm³/mol. The summed E-state index contributed by atoms with van der Waals surface area (Å²) in [7, 11) is 0. The van der Waals surface area contributed by atoms with Crippen LogP contribution in [0.25, 0.3) is 0 Å². The molecule has 4 nitrogen and oxygen atoms in total. The van der Waals surface area contributed by atoms with E-state index in [1.165, 1.54) is 16.9 Å². The predicted octanol–water partition coefficient (Wildman–Crippen LogP) is 3.62. The van der Waals surface area contributed by atoms with Crippen molar-refractivity contribution in [1.82, 2.24) is 0 Å². The van der Waals surface area contributed by atoms with Gasteiger partial charge in [0, 0.05) is 0 Å². The SMILES string of the molecule is C=C/C=C\Cc1cccc(CC(=O)Nc2sccc2C(N)=O)c1C. The van der Waals surface area contributed by atoms with E-state index < -0.39 is 5.91 Å². The van der Waals surface area contributed by atoms with Crippen LogP contribution in [0.2, 0.25) is 0 Å². The normalized spacial score (nSPS) is 10.7. The molecule has 0 bridgehead atoms. The zero-order valence-electron chi connectivity index (χ0n) is 13.5. The van der Waals surface area contributed by atoms with E-state index in [1.54, 1.807) is 17.5 Å². The molecule has 1 aromatic heterocycles. The van der Waals surface area contributed by atoms with Crippen LogP contribution in [-0.2, 0) is 17.6 Å². The molecule has 124 valence electrons. The first-order chi connectivity index (χ1) is 11.5. The van der Waals surface area contributed by atoms with Gasteiger partial charge in [0.05, 0.1) is 12.0 Å². The first-order valence-electron chi connectivity index (χ1n) is 7.55. The van der Waals surface area contributed by atoms with E-state index in [1.807, 2.05) is 31.2 Å². The molecular formula is C19H20N2O2S. The lowest BCUT2D eigenvalue weighted by molar-refractivity contribution is -0.115. The number of primary amides is 1. The lowest BCUT2D eigenvalue weighted by Crippen LogP contribution is -2.18. The molecule has 0 unspecified atom stereocenters. The number of carbonyl (C=O) groups is 2. The Bertz CT molecular complexity index is 790. The second kappa shape index (κ2) is 8.26. The molecule has 0 fully saturated rings. The van der Waals surface area contributed by atoms with Crippen LogP contribution in [0.3, 0.4) is 0 Å². The number of rotatable bonds is 7. The van der Waals surface area contributed by atoms with Crippen molar-refractivity contribution in [3.05, 3.63) is 76.7 Å². The fourth-order valence-electron chi connectivity index (χ4n) is 2.38. The number of nitrogens with two attached hydrogens (primary N) is 1. The molecule has 24 heavy (non-hydrogen) atoms. The highest BCUT2D eigenvalue weighted by molar-refractivity contribution is 7.14. The number of carbonyl (C=O) groups excluding carboxylic acids is 2. The maximum atomic E-state index is 12.3. The molecule has 0 saturated heterocycles. The van der Waals surface area contributed by atoms with Crippen LogP contribution >= 0.6 is 11.3 Å². The Balaban J connectivity index is 2.10. The molecule has 0 spiro atoms. The molecule has 0 aliphatic heterocycles. The number of allylic oxidation sites excluding steroid dienone is 3. The van der Waals surface area contributed by atoms with E-state index in [9.17, 15) is 9.59 Å². The molecule has 2 aromatic rings. The highest BCUT2D eigenvalue weighted by Gasteiger charge is 2.14. The highest BCUT2D eigenvalue weighted by Crippen LogP contribution is 2.23. The van der Waals surface area contributed by atoms with Crippen LogP contribution < -0.4 is 11.1 Å². The minimum absolute atomic E-state index is 0.165. The second-order valence-electron chi connectivity index (χ2n) is 5.32. The van der Waals surface area contributed by atoms with Gasteiger partial charge in [0.2, 0.25) is 5.91 Å². The van der Waals surface area contributed by atoms with Gasteiger partial charge < -0.3 is 11.1 Å². The number of hydrogen-bond donors (Lipinski definition) is 2. The molecule has 0 aliphatic carbocycles. The number of anilines is 1. The largest absolute Gasteiger partial charge is 0.366 e. The Kier molecular flexibility index (Phi) is 6.09. The maximum absolute atomic E-state index is 12.3. The van der Waals surface area contributed by atoms with Crippen molar-refractivity contribution in [1.29, 1.82) is 0 Å². The van der Waals surface area contributed by atoms with Crippen molar-refractivity contribution >= 4 is 28.2 Å². The Morgan fingerprint density at radius 2 is 2.04 bits per heavy atom. The Hall–Kier alpha value is -2.66. The van der Waals surface area contributed by atoms with Gasteiger partial charge in [-0.05, 0) is 41.5 Å². The van der Waals surface area contributed by atoms with Crippen molar-refractivity contribution in [2.75, 3.05) is 5.32 Å². The van der Waals surface area contributed by atoms with Crippen LogP contribution in [0.1, 0.15) is 27.0 Å². The average Bonchev–Trinajstić information content (AvgIpc) is 2.99. The number of nitrogens with one attached hydrogen (secondary N) is 1. The van der Waals surface area contributed by atoms with Gasteiger partial charge in [0.1, 0.15) is 5.00 Å². The monoisotopic (exact) mass is 340 g/mol. The van der Waals surface area contributed by atoms with Gasteiger partial charge >= 0.3 is 0 Å². The second-order valence-corrected chi connectivity index (χ2v) is 6.24. The molecule has 0 saturated carbocycles. The molecule has 1 heterocycles. The van der Waals surface area contributed by atoms with Gasteiger partial charge in [-0.3, -0.25) is 9.59 Å². The van der Waals surface area contributed by atoms with E-state index in [0.29, 0.717) is 10.6 Å². The summed E-state index contributed by atoms with van der Waals surface area (Å²) in [6.07, 6.45) is 6.72. The van der Waals surface area contributed by atoms with Crippen molar-refractivity contribution in [2.24, 2.45) is 5.73 Å². The van der Waals surface area contributed by atoms with Gasteiger partial charge in [-0.25, -0.2) is 0 Å². The van der Waals surface area contributed by atoms with Crippen LogP contribution in [0.4, 0.5) is 5.00 Å². The Morgan fingerprint density at radius 3 is 2.75 bits per heavy atom. The molecule has 3 N–H and O–H groups in total. The maximum Gasteiger partial charge on any atom is 0.251 e. The number of amides is 2. The van der Waals surface area contributed by atoms with Crippen LogP contribution in [-0.4, -0.2) is 11.8 Å².